The van der Waals surface area contributed by atoms with Crippen LogP contribution in [-0.2, 0) is 4.79 Å². The number of carbonyl (C=O) groups is 2. The Morgan fingerprint density at radius 3 is 2.48 bits per heavy atom. The van der Waals surface area contributed by atoms with Gasteiger partial charge in [-0.05, 0) is 31.0 Å². The molecule has 4 N–H and O–H groups in total. The van der Waals surface area contributed by atoms with Crippen LogP contribution < -0.4 is 16.0 Å². The van der Waals surface area contributed by atoms with Gasteiger partial charge in [-0.25, -0.2) is 4.79 Å². The lowest BCUT2D eigenvalue weighted by molar-refractivity contribution is -0.120. The number of rotatable bonds is 7. The number of carbonyl (C=O) groups excluding carboxylic acids is 1. The fraction of sp³-hybridized carbons (Fsp3) is 0.467. The van der Waals surface area contributed by atoms with Gasteiger partial charge in [0.15, 0.2) is 0 Å². The molecular weight excluding hydrogens is 270 g/mol. The van der Waals surface area contributed by atoms with Gasteiger partial charge in [0.05, 0.1) is 17.8 Å². The fourth-order valence-electron chi connectivity index (χ4n) is 2.12. The zero-order valence-corrected chi connectivity index (χ0v) is 12.7. The summed E-state index contributed by atoms with van der Waals surface area (Å²) in [4.78, 5) is 24.8. The molecule has 0 radical (unpaired) electrons. The van der Waals surface area contributed by atoms with Gasteiger partial charge in [-0.2, -0.15) is 0 Å². The fourth-order valence-corrected chi connectivity index (χ4v) is 2.12. The molecule has 0 aromatic heterocycles. The van der Waals surface area contributed by atoms with Crippen LogP contribution in [0.4, 0.5) is 11.4 Å². The van der Waals surface area contributed by atoms with Crippen molar-refractivity contribution in [1.29, 1.82) is 0 Å². The van der Waals surface area contributed by atoms with E-state index in [0.29, 0.717) is 11.4 Å². The van der Waals surface area contributed by atoms with Crippen LogP contribution >= 0.6 is 0 Å². The summed E-state index contributed by atoms with van der Waals surface area (Å²) < 4.78 is 0. The second-order valence-electron chi connectivity index (χ2n) is 5.02. The molecule has 1 aromatic rings. The summed E-state index contributed by atoms with van der Waals surface area (Å²) >= 11 is 0. The normalized spacial score (nSPS) is 10.5. The summed E-state index contributed by atoms with van der Waals surface area (Å²) in [5, 5.41) is 12.1. The SMILES string of the molecule is CCC(CC)NC(=O)CN(C)c1ccc(N)cc1C(=O)O. The molecule has 0 atom stereocenters. The number of aromatic carboxylic acids is 1. The zero-order valence-electron chi connectivity index (χ0n) is 12.7. The molecule has 0 spiro atoms. The lowest BCUT2D eigenvalue weighted by atomic mass is 10.1. The molecule has 6 nitrogen and oxygen atoms in total. The first-order valence-electron chi connectivity index (χ1n) is 7.02. The van der Waals surface area contributed by atoms with Gasteiger partial charge in [0.1, 0.15) is 0 Å². The quantitative estimate of drug-likeness (QED) is 0.665. The monoisotopic (exact) mass is 293 g/mol. The van der Waals surface area contributed by atoms with Crippen LogP contribution in [0.1, 0.15) is 37.0 Å². The highest BCUT2D eigenvalue weighted by atomic mass is 16.4. The molecule has 1 aromatic carbocycles. The second-order valence-corrected chi connectivity index (χ2v) is 5.02. The summed E-state index contributed by atoms with van der Waals surface area (Å²) in [6, 6.07) is 4.78. The van der Waals surface area contributed by atoms with E-state index < -0.39 is 5.97 Å². The van der Waals surface area contributed by atoms with Crippen molar-refractivity contribution in [3.8, 4) is 0 Å². The van der Waals surface area contributed by atoms with Crippen LogP contribution in [0.25, 0.3) is 0 Å². The Morgan fingerprint density at radius 2 is 1.95 bits per heavy atom. The van der Waals surface area contributed by atoms with E-state index in [9.17, 15) is 14.7 Å². The number of amides is 1. The Hall–Kier alpha value is -2.24. The van der Waals surface area contributed by atoms with Crippen molar-refractivity contribution in [2.45, 2.75) is 32.7 Å². The smallest absolute Gasteiger partial charge is 0.337 e. The van der Waals surface area contributed by atoms with Crippen molar-refractivity contribution in [1.82, 2.24) is 5.32 Å². The highest BCUT2D eigenvalue weighted by Crippen LogP contribution is 2.22. The minimum Gasteiger partial charge on any atom is -0.478 e. The summed E-state index contributed by atoms with van der Waals surface area (Å²) in [7, 11) is 1.68. The number of nitrogens with one attached hydrogen (secondary N) is 1. The lowest BCUT2D eigenvalue weighted by Crippen LogP contribution is -2.40. The van der Waals surface area contributed by atoms with Gasteiger partial charge in [0.2, 0.25) is 5.91 Å². The van der Waals surface area contributed by atoms with Gasteiger partial charge >= 0.3 is 5.97 Å². The summed E-state index contributed by atoms with van der Waals surface area (Å²) in [5.74, 6) is -1.19. The summed E-state index contributed by atoms with van der Waals surface area (Å²) in [6.45, 7) is 4.13. The van der Waals surface area contributed by atoms with Crippen LogP contribution in [0.2, 0.25) is 0 Å². The average Bonchev–Trinajstić information content (AvgIpc) is 2.44. The second kappa shape index (κ2) is 7.52. The third-order valence-electron chi connectivity index (χ3n) is 3.39. The maximum absolute atomic E-state index is 12.0. The lowest BCUT2D eigenvalue weighted by Gasteiger charge is -2.22. The summed E-state index contributed by atoms with van der Waals surface area (Å²) in [5.41, 5.74) is 6.55. The van der Waals surface area contributed by atoms with E-state index in [-0.39, 0.29) is 24.1 Å². The first-order chi connectivity index (χ1) is 9.88. The van der Waals surface area contributed by atoms with Crippen molar-refractivity contribution in [3.05, 3.63) is 23.8 Å². The van der Waals surface area contributed by atoms with E-state index in [1.807, 2.05) is 13.8 Å². The molecule has 0 aliphatic rings. The van der Waals surface area contributed by atoms with Crippen LogP contribution in [0, 0.1) is 0 Å². The number of carboxylic acid groups (broad SMARTS) is 1. The molecule has 116 valence electrons. The average molecular weight is 293 g/mol. The molecule has 1 amide bonds. The van der Waals surface area contributed by atoms with E-state index in [1.165, 1.54) is 6.07 Å². The Morgan fingerprint density at radius 1 is 1.33 bits per heavy atom. The Bertz CT molecular complexity index is 513. The number of hydrogen-bond donors (Lipinski definition) is 3. The third kappa shape index (κ3) is 4.66. The van der Waals surface area contributed by atoms with E-state index in [2.05, 4.69) is 5.32 Å². The first-order valence-corrected chi connectivity index (χ1v) is 7.02. The number of hydrogen-bond acceptors (Lipinski definition) is 4. The minimum atomic E-state index is -1.07. The molecule has 0 fully saturated rings. The first kappa shape index (κ1) is 16.8. The van der Waals surface area contributed by atoms with Crippen molar-refractivity contribution < 1.29 is 14.7 Å². The molecule has 0 aliphatic heterocycles. The number of benzene rings is 1. The van der Waals surface area contributed by atoms with E-state index >= 15 is 0 Å². The van der Waals surface area contributed by atoms with Gasteiger partial charge in [0.25, 0.3) is 0 Å². The van der Waals surface area contributed by atoms with Crippen molar-refractivity contribution >= 4 is 23.3 Å². The zero-order chi connectivity index (χ0) is 16.0. The molecule has 0 bridgehead atoms. The van der Waals surface area contributed by atoms with Gasteiger partial charge in [-0.15, -0.1) is 0 Å². The number of likely N-dealkylation sites (N-methyl/N-ethyl adjacent to an activating group) is 1. The largest absolute Gasteiger partial charge is 0.478 e. The molecule has 6 heteroatoms. The molecular formula is C15H23N3O3. The Balaban J connectivity index is 2.82. The maximum Gasteiger partial charge on any atom is 0.337 e. The van der Waals surface area contributed by atoms with E-state index in [1.54, 1.807) is 24.1 Å². The number of anilines is 2. The highest BCUT2D eigenvalue weighted by Gasteiger charge is 2.17. The van der Waals surface area contributed by atoms with Crippen molar-refractivity contribution in [2.24, 2.45) is 0 Å². The van der Waals surface area contributed by atoms with Crippen LogP contribution in [0.5, 0.6) is 0 Å². The topological polar surface area (TPSA) is 95.7 Å². The van der Waals surface area contributed by atoms with E-state index in [4.69, 9.17) is 5.73 Å². The van der Waals surface area contributed by atoms with Gasteiger partial charge < -0.3 is 21.1 Å². The number of nitrogens with two attached hydrogens (primary N) is 1. The van der Waals surface area contributed by atoms with Gasteiger partial charge in [0, 0.05) is 18.8 Å². The Kier molecular flexibility index (Phi) is 6.02. The molecule has 0 saturated heterocycles. The Labute approximate surface area is 124 Å². The van der Waals surface area contributed by atoms with Gasteiger partial charge in [-0.1, -0.05) is 13.8 Å². The molecule has 0 heterocycles. The third-order valence-corrected chi connectivity index (χ3v) is 3.39. The van der Waals surface area contributed by atoms with Crippen molar-refractivity contribution in [3.63, 3.8) is 0 Å². The predicted molar refractivity (Wildman–Crippen MR) is 83.6 cm³/mol. The molecule has 21 heavy (non-hydrogen) atoms. The molecule has 1 rings (SSSR count). The maximum atomic E-state index is 12.0. The van der Waals surface area contributed by atoms with E-state index in [0.717, 1.165) is 12.8 Å². The van der Waals surface area contributed by atoms with Crippen LogP contribution in [-0.4, -0.2) is 36.6 Å². The van der Waals surface area contributed by atoms with Crippen molar-refractivity contribution in [2.75, 3.05) is 24.2 Å². The number of nitrogen functional groups attached to an aromatic ring is 1. The summed E-state index contributed by atoms with van der Waals surface area (Å²) in [6.07, 6.45) is 1.74. The number of nitrogens with zero attached hydrogens (tertiary/aromatic N) is 1. The van der Waals surface area contributed by atoms with Crippen LogP contribution in [0.15, 0.2) is 18.2 Å². The van der Waals surface area contributed by atoms with Crippen LogP contribution in [0.3, 0.4) is 0 Å². The van der Waals surface area contributed by atoms with Gasteiger partial charge in [-0.3, -0.25) is 4.79 Å². The standard InChI is InChI=1S/C15H23N3O3/c1-4-11(5-2)17-14(19)9-18(3)13-7-6-10(16)8-12(13)15(20)21/h6-8,11H,4-5,9,16H2,1-3H3,(H,17,19)(H,20,21). The predicted octanol–water partition coefficient (Wildman–Crippen LogP) is 1.71. The molecule has 0 unspecified atom stereocenters. The minimum absolute atomic E-state index is 0.0906. The number of carboxylic acids is 1. The molecule has 0 saturated carbocycles. The highest BCUT2D eigenvalue weighted by molar-refractivity contribution is 5.96. The molecule has 0 aliphatic carbocycles.